The summed E-state index contributed by atoms with van der Waals surface area (Å²) in [5, 5.41) is 3.40. The summed E-state index contributed by atoms with van der Waals surface area (Å²) in [6.07, 6.45) is 0.134. The van der Waals surface area contributed by atoms with Gasteiger partial charge in [-0.3, -0.25) is 0 Å². The van der Waals surface area contributed by atoms with Crippen LogP contribution in [0.2, 0.25) is 0 Å². The summed E-state index contributed by atoms with van der Waals surface area (Å²) in [5.74, 6) is 0.881. The Hall–Kier alpha value is -1.06. The van der Waals surface area contributed by atoms with E-state index in [-0.39, 0.29) is 11.7 Å². The van der Waals surface area contributed by atoms with Crippen molar-refractivity contribution in [1.82, 2.24) is 5.32 Å². The van der Waals surface area contributed by atoms with Crippen molar-refractivity contribution in [2.45, 2.75) is 25.6 Å². The summed E-state index contributed by atoms with van der Waals surface area (Å²) in [7, 11) is 1.68. The highest BCUT2D eigenvalue weighted by molar-refractivity contribution is 5.29. The lowest BCUT2D eigenvalue weighted by Gasteiger charge is -2.36. The first-order valence-corrected chi connectivity index (χ1v) is 5.63. The maximum Gasteiger partial charge on any atom is 0.118 e. The van der Waals surface area contributed by atoms with Gasteiger partial charge in [-0.15, -0.1) is 0 Å². The van der Waals surface area contributed by atoms with Gasteiger partial charge in [0.1, 0.15) is 5.75 Å². The van der Waals surface area contributed by atoms with E-state index in [1.54, 1.807) is 7.11 Å². The van der Waals surface area contributed by atoms with E-state index < -0.39 is 0 Å². The Balaban J connectivity index is 2.11. The Morgan fingerprint density at radius 2 is 2.00 bits per heavy atom. The monoisotopic (exact) mass is 221 g/mol. The molecule has 88 valence electrons. The van der Waals surface area contributed by atoms with E-state index in [0.29, 0.717) is 0 Å². The lowest BCUT2D eigenvalue weighted by atomic mass is 10.0. The number of nitrogens with one attached hydrogen (secondary N) is 1. The van der Waals surface area contributed by atoms with Crippen LogP contribution in [0, 0.1) is 0 Å². The third kappa shape index (κ3) is 2.54. The lowest BCUT2D eigenvalue weighted by molar-refractivity contribution is -0.0958. The third-order valence-corrected chi connectivity index (χ3v) is 2.83. The van der Waals surface area contributed by atoms with Gasteiger partial charge in [-0.25, -0.2) is 0 Å². The molecule has 1 aliphatic heterocycles. The summed E-state index contributed by atoms with van der Waals surface area (Å²) in [5.41, 5.74) is 1.10. The summed E-state index contributed by atoms with van der Waals surface area (Å²) in [4.78, 5) is 0. The van der Waals surface area contributed by atoms with Crippen LogP contribution in [0.5, 0.6) is 5.75 Å². The Morgan fingerprint density at radius 1 is 1.31 bits per heavy atom. The van der Waals surface area contributed by atoms with Gasteiger partial charge < -0.3 is 14.8 Å². The molecular formula is C13H19NO2. The molecule has 1 heterocycles. The normalized spacial score (nSPS) is 24.1. The number of hydrogen-bond donors (Lipinski definition) is 1. The molecule has 1 fully saturated rings. The van der Waals surface area contributed by atoms with Crippen LogP contribution >= 0.6 is 0 Å². The van der Waals surface area contributed by atoms with E-state index in [1.807, 2.05) is 12.1 Å². The first kappa shape index (κ1) is 11.4. The van der Waals surface area contributed by atoms with Crippen molar-refractivity contribution in [3.8, 4) is 5.75 Å². The fourth-order valence-electron chi connectivity index (χ4n) is 1.98. The van der Waals surface area contributed by atoms with Crippen molar-refractivity contribution in [2.75, 3.05) is 20.2 Å². The first-order chi connectivity index (χ1) is 7.61. The Kier molecular flexibility index (Phi) is 3.17. The Labute approximate surface area is 96.8 Å². The molecule has 0 amide bonds. The second-order valence-electron chi connectivity index (χ2n) is 4.77. The van der Waals surface area contributed by atoms with E-state index in [9.17, 15) is 0 Å². The zero-order valence-corrected chi connectivity index (χ0v) is 10.1. The number of morpholine rings is 1. The van der Waals surface area contributed by atoms with E-state index in [0.717, 1.165) is 18.8 Å². The molecule has 1 atom stereocenters. The van der Waals surface area contributed by atoms with Crippen molar-refractivity contribution in [3.63, 3.8) is 0 Å². The second-order valence-corrected chi connectivity index (χ2v) is 4.77. The Bertz CT molecular complexity index is 345. The number of rotatable bonds is 2. The van der Waals surface area contributed by atoms with Gasteiger partial charge in [-0.2, -0.15) is 0 Å². The Morgan fingerprint density at radius 3 is 2.56 bits per heavy atom. The molecule has 1 unspecified atom stereocenters. The van der Waals surface area contributed by atoms with Crippen LogP contribution in [-0.4, -0.2) is 25.8 Å². The molecule has 0 aliphatic carbocycles. The predicted octanol–water partition coefficient (Wildman–Crippen LogP) is 2.13. The molecule has 1 N–H and O–H groups in total. The van der Waals surface area contributed by atoms with Crippen molar-refractivity contribution in [3.05, 3.63) is 29.8 Å². The summed E-state index contributed by atoms with van der Waals surface area (Å²) in [6, 6.07) is 8.07. The molecule has 0 radical (unpaired) electrons. The largest absolute Gasteiger partial charge is 0.497 e. The number of hydrogen-bond acceptors (Lipinski definition) is 3. The zero-order chi connectivity index (χ0) is 11.6. The SMILES string of the molecule is COc1ccc(C2CNCC(C)(C)O2)cc1. The fourth-order valence-corrected chi connectivity index (χ4v) is 1.98. The minimum absolute atomic E-state index is 0.0944. The molecular weight excluding hydrogens is 202 g/mol. The third-order valence-electron chi connectivity index (χ3n) is 2.83. The van der Waals surface area contributed by atoms with E-state index in [1.165, 1.54) is 5.56 Å². The highest BCUT2D eigenvalue weighted by Crippen LogP contribution is 2.27. The lowest BCUT2D eigenvalue weighted by Crippen LogP contribution is -2.46. The van der Waals surface area contributed by atoms with Crippen molar-refractivity contribution in [2.24, 2.45) is 0 Å². The second kappa shape index (κ2) is 4.44. The van der Waals surface area contributed by atoms with Gasteiger partial charge in [0.25, 0.3) is 0 Å². The molecule has 1 aromatic carbocycles. The molecule has 16 heavy (non-hydrogen) atoms. The van der Waals surface area contributed by atoms with Crippen molar-refractivity contribution < 1.29 is 9.47 Å². The molecule has 0 saturated carbocycles. The molecule has 3 nitrogen and oxygen atoms in total. The van der Waals surface area contributed by atoms with E-state index >= 15 is 0 Å². The molecule has 2 rings (SSSR count). The van der Waals surface area contributed by atoms with Crippen LogP contribution in [0.25, 0.3) is 0 Å². The van der Waals surface area contributed by atoms with Gasteiger partial charge in [-0.05, 0) is 31.5 Å². The van der Waals surface area contributed by atoms with Crippen LogP contribution in [-0.2, 0) is 4.74 Å². The standard InChI is InChI=1S/C13H19NO2/c1-13(2)9-14-8-12(16-13)10-4-6-11(15-3)7-5-10/h4-7,12,14H,8-9H2,1-3H3. The number of benzene rings is 1. The minimum Gasteiger partial charge on any atom is -0.497 e. The predicted molar refractivity (Wildman–Crippen MR) is 63.8 cm³/mol. The first-order valence-electron chi connectivity index (χ1n) is 5.63. The molecule has 1 saturated heterocycles. The van der Waals surface area contributed by atoms with Gasteiger partial charge in [0.05, 0.1) is 18.8 Å². The van der Waals surface area contributed by atoms with Gasteiger partial charge in [0.15, 0.2) is 0 Å². The van der Waals surface area contributed by atoms with Gasteiger partial charge in [-0.1, -0.05) is 12.1 Å². The molecule has 0 aromatic heterocycles. The summed E-state index contributed by atoms with van der Waals surface area (Å²) in [6.45, 7) is 5.99. The molecule has 1 aliphatic rings. The van der Waals surface area contributed by atoms with Crippen LogP contribution in [0.4, 0.5) is 0 Å². The van der Waals surface area contributed by atoms with Crippen molar-refractivity contribution >= 4 is 0 Å². The molecule has 0 spiro atoms. The van der Waals surface area contributed by atoms with Crippen molar-refractivity contribution in [1.29, 1.82) is 0 Å². The highest BCUT2D eigenvalue weighted by Gasteiger charge is 2.28. The summed E-state index contributed by atoms with van der Waals surface area (Å²) < 4.78 is 11.2. The maximum absolute atomic E-state index is 6.03. The quantitative estimate of drug-likeness (QED) is 0.830. The topological polar surface area (TPSA) is 30.5 Å². The van der Waals surface area contributed by atoms with Gasteiger partial charge in [0.2, 0.25) is 0 Å². The number of methoxy groups -OCH3 is 1. The summed E-state index contributed by atoms with van der Waals surface area (Å²) >= 11 is 0. The average Bonchev–Trinajstić information content (AvgIpc) is 2.28. The zero-order valence-electron chi connectivity index (χ0n) is 10.1. The van der Waals surface area contributed by atoms with Gasteiger partial charge in [0, 0.05) is 13.1 Å². The fraction of sp³-hybridized carbons (Fsp3) is 0.538. The highest BCUT2D eigenvalue weighted by atomic mass is 16.5. The van der Waals surface area contributed by atoms with E-state index in [4.69, 9.17) is 9.47 Å². The van der Waals surface area contributed by atoms with Crippen LogP contribution < -0.4 is 10.1 Å². The number of ether oxygens (including phenoxy) is 2. The molecule has 1 aromatic rings. The van der Waals surface area contributed by atoms with Gasteiger partial charge >= 0.3 is 0 Å². The van der Waals surface area contributed by atoms with Crippen LogP contribution in [0.3, 0.4) is 0 Å². The van der Waals surface area contributed by atoms with E-state index in [2.05, 4.69) is 31.3 Å². The van der Waals surface area contributed by atoms with Crippen LogP contribution in [0.15, 0.2) is 24.3 Å². The van der Waals surface area contributed by atoms with Crippen LogP contribution in [0.1, 0.15) is 25.5 Å². The molecule has 3 heteroatoms. The smallest absolute Gasteiger partial charge is 0.118 e. The molecule has 0 bridgehead atoms. The minimum atomic E-state index is -0.0944. The average molecular weight is 221 g/mol. The maximum atomic E-state index is 6.03.